The van der Waals surface area contributed by atoms with Gasteiger partial charge in [-0.15, -0.1) is 11.3 Å². The van der Waals surface area contributed by atoms with E-state index in [1.807, 2.05) is 11.8 Å². The molecule has 2 heterocycles. The first kappa shape index (κ1) is 19.4. The number of piperazine rings is 1. The van der Waals surface area contributed by atoms with E-state index < -0.39 is 0 Å². The van der Waals surface area contributed by atoms with Crippen LogP contribution in [0.15, 0.2) is 6.07 Å². The van der Waals surface area contributed by atoms with E-state index in [-0.39, 0.29) is 17.9 Å². The maximum absolute atomic E-state index is 12.9. The second kappa shape index (κ2) is 8.53. The molecule has 2 amide bonds. The lowest BCUT2D eigenvalue weighted by molar-refractivity contribution is -0.123. The van der Waals surface area contributed by atoms with Crippen LogP contribution in [0.4, 0.5) is 0 Å². The van der Waals surface area contributed by atoms with Gasteiger partial charge in [0.2, 0.25) is 5.91 Å². The van der Waals surface area contributed by atoms with Crippen LogP contribution in [0.5, 0.6) is 0 Å². The Hall–Kier alpha value is -1.40. The first-order valence-corrected chi connectivity index (χ1v) is 10.7. The monoisotopic (exact) mass is 377 g/mol. The number of carbonyl (C=O) groups is 2. The summed E-state index contributed by atoms with van der Waals surface area (Å²) in [6.45, 7) is 9.75. The zero-order valence-corrected chi connectivity index (χ0v) is 17.0. The SMILES string of the molecule is CCC(C)NC(=O)CN1CCN(C(=O)c2cc3c(s2)CCC(C)C3)CC1. The van der Waals surface area contributed by atoms with Crippen molar-refractivity contribution in [2.75, 3.05) is 32.7 Å². The van der Waals surface area contributed by atoms with Gasteiger partial charge >= 0.3 is 0 Å². The highest BCUT2D eigenvalue weighted by molar-refractivity contribution is 7.14. The molecule has 144 valence electrons. The second-order valence-corrected chi connectivity index (χ2v) is 8.99. The molecule has 1 saturated heterocycles. The van der Waals surface area contributed by atoms with Gasteiger partial charge in [0.15, 0.2) is 0 Å². The number of aryl methyl sites for hydroxylation is 1. The zero-order chi connectivity index (χ0) is 18.7. The van der Waals surface area contributed by atoms with Gasteiger partial charge in [-0.05, 0) is 50.2 Å². The molecule has 2 unspecified atom stereocenters. The molecule has 1 aromatic heterocycles. The fourth-order valence-electron chi connectivity index (χ4n) is 3.70. The van der Waals surface area contributed by atoms with Crippen molar-refractivity contribution in [3.63, 3.8) is 0 Å². The first-order valence-electron chi connectivity index (χ1n) is 9.88. The van der Waals surface area contributed by atoms with Crippen LogP contribution in [0.1, 0.15) is 53.7 Å². The van der Waals surface area contributed by atoms with E-state index in [9.17, 15) is 9.59 Å². The summed E-state index contributed by atoms with van der Waals surface area (Å²) in [7, 11) is 0. The molecule has 0 radical (unpaired) electrons. The average molecular weight is 378 g/mol. The number of rotatable bonds is 5. The van der Waals surface area contributed by atoms with E-state index in [1.54, 1.807) is 11.3 Å². The highest BCUT2D eigenvalue weighted by Gasteiger charge is 2.26. The number of amides is 2. The Kier molecular flexibility index (Phi) is 6.35. The van der Waals surface area contributed by atoms with Crippen molar-refractivity contribution in [1.82, 2.24) is 15.1 Å². The molecule has 26 heavy (non-hydrogen) atoms. The van der Waals surface area contributed by atoms with E-state index in [1.165, 1.54) is 16.9 Å². The van der Waals surface area contributed by atoms with Crippen molar-refractivity contribution in [2.24, 2.45) is 5.92 Å². The van der Waals surface area contributed by atoms with Gasteiger partial charge in [0.1, 0.15) is 0 Å². The quantitative estimate of drug-likeness (QED) is 0.858. The third-order valence-electron chi connectivity index (χ3n) is 5.59. The summed E-state index contributed by atoms with van der Waals surface area (Å²) >= 11 is 1.69. The van der Waals surface area contributed by atoms with Crippen molar-refractivity contribution in [3.05, 3.63) is 21.4 Å². The molecule has 1 aliphatic carbocycles. The van der Waals surface area contributed by atoms with Gasteiger partial charge in [-0.2, -0.15) is 0 Å². The zero-order valence-electron chi connectivity index (χ0n) is 16.2. The number of thiophene rings is 1. The molecule has 2 atom stereocenters. The Bertz CT molecular complexity index is 649. The standard InChI is InChI=1S/C20H31N3O2S/c1-4-15(3)21-19(24)13-22-7-9-23(10-8-22)20(25)18-12-16-11-14(2)5-6-17(16)26-18/h12,14-15H,4-11,13H2,1-3H3,(H,21,24). The number of nitrogens with one attached hydrogen (secondary N) is 1. The molecule has 0 spiro atoms. The van der Waals surface area contributed by atoms with E-state index >= 15 is 0 Å². The van der Waals surface area contributed by atoms with Crippen LogP contribution in [-0.4, -0.2) is 60.4 Å². The Balaban J connectivity index is 1.50. The fraction of sp³-hybridized carbons (Fsp3) is 0.700. The summed E-state index contributed by atoms with van der Waals surface area (Å²) in [5.74, 6) is 0.977. The summed E-state index contributed by atoms with van der Waals surface area (Å²) in [6.07, 6.45) is 4.40. The molecule has 1 aromatic rings. The van der Waals surface area contributed by atoms with Crippen molar-refractivity contribution in [2.45, 2.75) is 52.5 Å². The van der Waals surface area contributed by atoms with Crippen LogP contribution < -0.4 is 5.32 Å². The maximum Gasteiger partial charge on any atom is 0.264 e. The van der Waals surface area contributed by atoms with E-state index in [2.05, 4.69) is 30.1 Å². The second-order valence-electron chi connectivity index (χ2n) is 7.85. The summed E-state index contributed by atoms with van der Waals surface area (Å²) in [5.41, 5.74) is 1.39. The molecular formula is C20H31N3O2S. The van der Waals surface area contributed by atoms with E-state index in [0.29, 0.717) is 19.6 Å². The molecule has 2 aliphatic rings. The molecule has 1 N–H and O–H groups in total. The van der Waals surface area contributed by atoms with Gasteiger partial charge in [0.25, 0.3) is 5.91 Å². The number of carbonyl (C=O) groups excluding carboxylic acids is 2. The highest BCUT2D eigenvalue weighted by Crippen LogP contribution is 2.32. The van der Waals surface area contributed by atoms with Crippen LogP contribution in [0.3, 0.4) is 0 Å². The Morgan fingerprint density at radius 3 is 2.73 bits per heavy atom. The number of hydrogen-bond acceptors (Lipinski definition) is 4. The maximum atomic E-state index is 12.9. The van der Waals surface area contributed by atoms with Gasteiger partial charge in [0, 0.05) is 37.1 Å². The lowest BCUT2D eigenvalue weighted by Gasteiger charge is -2.34. The van der Waals surface area contributed by atoms with Crippen LogP contribution in [0.2, 0.25) is 0 Å². The molecular weight excluding hydrogens is 346 g/mol. The first-order chi connectivity index (χ1) is 12.5. The van der Waals surface area contributed by atoms with Crippen LogP contribution in [0, 0.1) is 5.92 Å². The van der Waals surface area contributed by atoms with Crippen LogP contribution in [-0.2, 0) is 17.6 Å². The van der Waals surface area contributed by atoms with Gasteiger partial charge in [-0.3, -0.25) is 14.5 Å². The Morgan fingerprint density at radius 1 is 1.31 bits per heavy atom. The van der Waals surface area contributed by atoms with Crippen molar-refractivity contribution in [3.8, 4) is 0 Å². The van der Waals surface area contributed by atoms with Gasteiger partial charge < -0.3 is 10.2 Å². The molecule has 6 heteroatoms. The summed E-state index contributed by atoms with van der Waals surface area (Å²) in [5, 5.41) is 3.01. The number of fused-ring (bicyclic) bond motifs is 1. The molecule has 1 aliphatic heterocycles. The van der Waals surface area contributed by atoms with Crippen molar-refractivity contribution >= 4 is 23.2 Å². The number of nitrogens with zero attached hydrogens (tertiary/aromatic N) is 2. The largest absolute Gasteiger partial charge is 0.353 e. The molecule has 0 aromatic carbocycles. The smallest absolute Gasteiger partial charge is 0.264 e. The fourth-order valence-corrected chi connectivity index (χ4v) is 4.88. The summed E-state index contributed by atoms with van der Waals surface area (Å²) in [6, 6.07) is 2.35. The minimum atomic E-state index is 0.0826. The topological polar surface area (TPSA) is 52.7 Å². The van der Waals surface area contributed by atoms with Gasteiger partial charge in [-0.1, -0.05) is 13.8 Å². The highest BCUT2D eigenvalue weighted by atomic mass is 32.1. The molecule has 0 saturated carbocycles. The van der Waals surface area contributed by atoms with Gasteiger partial charge in [-0.25, -0.2) is 0 Å². The van der Waals surface area contributed by atoms with Crippen LogP contribution >= 0.6 is 11.3 Å². The third kappa shape index (κ3) is 4.65. The van der Waals surface area contributed by atoms with E-state index in [4.69, 9.17) is 0 Å². The predicted molar refractivity (Wildman–Crippen MR) is 106 cm³/mol. The van der Waals surface area contributed by atoms with Crippen LogP contribution in [0.25, 0.3) is 0 Å². The number of hydrogen-bond donors (Lipinski definition) is 1. The average Bonchev–Trinajstić information content (AvgIpc) is 3.04. The predicted octanol–water partition coefficient (Wildman–Crippen LogP) is 2.55. The lowest BCUT2D eigenvalue weighted by atomic mass is 9.90. The normalized spacial score (nSPS) is 22.0. The molecule has 3 rings (SSSR count). The Labute approximate surface area is 160 Å². The summed E-state index contributed by atoms with van der Waals surface area (Å²) in [4.78, 5) is 31.3. The van der Waals surface area contributed by atoms with Crippen molar-refractivity contribution in [1.29, 1.82) is 0 Å². The lowest BCUT2D eigenvalue weighted by Crippen LogP contribution is -2.51. The van der Waals surface area contributed by atoms with Gasteiger partial charge in [0.05, 0.1) is 11.4 Å². The minimum Gasteiger partial charge on any atom is -0.353 e. The van der Waals surface area contributed by atoms with Crippen molar-refractivity contribution < 1.29 is 9.59 Å². The Morgan fingerprint density at radius 2 is 2.04 bits per heavy atom. The molecule has 0 bridgehead atoms. The third-order valence-corrected chi connectivity index (χ3v) is 6.81. The summed E-state index contributed by atoms with van der Waals surface area (Å²) < 4.78 is 0. The van der Waals surface area contributed by atoms with E-state index in [0.717, 1.165) is 43.1 Å². The molecule has 5 nitrogen and oxygen atoms in total. The molecule has 1 fully saturated rings. The minimum absolute atomic E-state index is 0.0826.